The standard InChI is InChI=1S/C11H15O2/c1-4-12-10-6-7-11(13-5-2)9(3)8-10/h7-8H,4-5H2,1-3H3. The Bertz CT molecular complexity index is 269. The Morgan fingerprint density at radius 1 is 1.23 bits per heavy atom. The minimum absolute atomic E-state index is 0.671. The molecule has 71 valence electrons. The topological polar surface area (TPSA) is 18.5 Å². The van der Waals surface area contributed by atoms with E-state index in [1.807, 2.05) is 32.9 Å². The smallest absolute Gasteiger partial charge is 0.127 e. The number of rotatable bonds is 4. The average molecular weight is 179 g/mol. The molecule has 0 saturated carbocycles. The van der Waals surface area contributed by atoms with Gasteiger partial charge in [-0.2, -0.15) is 0 Å². The van der Waals surface area contributed by atoms with E-state index < -0.39 is 0 Å². The summed E-state index contributed by atoms with van der Waals surface area (Å²) in [5.41, 5.74) is 1.09. The normalized spacial score (nSPS) is 9.77. The van der Waals surface area contributed by atoms with Gasteiger partial charge in [0, 0.05) is 6.07 Å². The van der Waals surface area contributed by atoms with Gasteiger partial charge in [-0.1, -0.05) is 0 Å². The summed E-state index contributed by atoms with van der Waals surface area (Å²) in [5.74, 6) is 1.66. The van der Waals surface area contributed by atoms with Crippen LogP contribution in [0.4, 0.5) is 0 Å². The van der Waals surface area contributed by atoms with Gasteiger partial charge in [0.1, 0.15) is 11.5 Å². The van der Waals surface area contributed by atoms with Crippen LogP contribution < -0.4 is 9.47 Å². The van der Waals surface area contributed by atoms with E-state index in [2.05, 4.69) is 6.07 Å². The highest BCUT2D eigenvalue weighted by molar-refractivity contribution is 5.38. The third-order valence-corrected chi connectivity index (χ3v) is 1.68. The van der Waals surface area contributed by atoms with Crippen LogP contribution in [0.5, 0.6) is 11.5 Å². The van der Waals surface area contributed by atoms with E-state index in [1.54, 1.807) is 0 Å². The first kappa shape index (κ1) is 9.90. The molecule has 0 aliphatic carbocycles. The highest BCUT2D eigenvalue weighted by atomic mass is 16.5. The van der Waals surface area contributed by atoms with E-state index in [4.69, 9.17) is 9.47 Å². The van der Waals surface area contributed by atoms with Crippen molar-refractivity contribution in [1.82, 2.24) is 0 Å². The van der Waals surface area contributed by atoms with Gasteiger partial charge >= 0.3 is 0 Å². The second-order valence-electron chi connectivity index (χ2n) is 2.71. The first-order chi connectivity index (χ1) is 6.27. The van der Waals surface area contributed by atoms with Crippen molar-refractivity contribution in [1.29, 1.82) is 0 Å². The quantitative estimate of drug-likeness (QED) is 0.707. The van der Waals surface area contributed by atoms with Crippen LogP contribution in [0.3, 0.4) is 0 Å². The Morgan fingerprint density at radius 2 is 1.92 bits per heavy atom. The predicted molar refractivity (Wildman–Crippen MR) is 52.4 cm³/mol. The van der Waals surface area contributed by atoms with Crippen LogP contribution in [0.25, 0.3) is 0 Å². The predicted octanol–water partition coefficient (Wildman–Crippen LogP) is 2.59. The van der Waals surface area contributed by atoms with Crippen molar-refractivity contribution in [3.8, 4) is 11.5 Å². The summed E-state index contributed by atoms with van der Waals surface area (Å²) >= 11 is 0. The van der Waals surface area contributed by atoms with Crippen LogP contribution in [-0.4, -0.2) is 13.2 Å². The lowest BCUT2D eigenvalue weighted by molar-refractivity contribution is 0.328. The fraction of sp³-hybridized carbons (Fsp3) is 0.455. The summed E-state index contributed by atoms with van der Waals surface area (Å²) in [6.45, 7) is 7.28. The Morgan fingerprint density at radius 3 is 2.46 bits per heavy atom. The molecule has 0 spiro atoms. The van der Waals surface area contributed by atoms with Crippen LogP contribution in [-0.2, 0) is 0 Å². The van der Waals surface area contributed by atoms with Crippen molar-refractivity contribution < 1.29 is 9.47 Å². The van der Waals surface area contributed by atoms with Gasteiger partial charge in [0.15, 0.2) is 0 Å². The first-order valence-electron chi connectivity index (χ1n) is 4.55. The van der Waals surface area contributed by atoms with Gasteiger partial charge in [-0.25, -0.2) is 0 Å². The summed E-state index contributed by atoms with van der Waals surface area (Å²) in [7, 11) is 0. The van der Waals surface area contributed by atoms with E-state index in [9.17, 15) is 0 Å². The lowest BCUT2D eigenvalue weighted by Crippen LogP contribution is -1.96. The highest BCUT2D eigenvalue weighted by Crippen LogP contribution is 2.22. The molecule has 0 aliphatic heterocycles. The molecule has 0 bridgehead atoms. The van der Waals surface area contributed by atoms with Gasteiger partial charge in [0.2, 0.25) is 0 Å². The fourth-order valence-corrected chi connectivity index (χ4v) is 1.11. The van der Waals surface area contributed by atoms with E-state index >= 15 is 0 Å². The van der Waals surface area contributed by atoms with E-state index in [1.165, 1.54) is 0 Å². The Hall–Kier alpha value is -1.18. The molecular formula is C11H15O2. The van der Waals surface area contributed by atoms with Crippen molar-refractivity contribution in [2.75, 3.05) is 13.2 Å². The molecule has 13 heavy (non-hydrogen) atoms. The molecular weight excluding hydrogens is 164 g/mol. The second-order valence-corrected chi connectivity index (χ2v) is 2.71. The van der Waals surface area contributed by atoms with Crippen LogP contribution in [0.2, 0.25) is 0 Å². The van der Waals surface area contributed by atoms with Gasteiger partial charge in [-0.15, -0.1) is 0 Å². The Balaban J connectivity index is 2.79. The monoisotopic (exact) mass is 179 g/mol. The van der Waals surface area contributed by atoms with Gasteiger partial charge < -0.3 is 9.47 Å². The summed E-state index contributed by atoms with van der Waals surface area (Å²) < 4.78 is 10.7. The molecule has 1 rings (SSSR count). The maximum absolute atomic E-state index is 5.38. The van der Waals surface area contributed by atoms with Crippen molar-refractivity contribution in [2.45, 2.75) is 20.8 Å². The molecule has 0 amide bonds. The summed E-state index contributed by atoms with van der Waals surface area (Å²) in [6, 6.07) is 6.78. The largest absolute Gasteiger partial charge is 0.494 e. The van der Waals surface area contributed by atoms with Crippen LogP contribution in [0.15, 0.2) is 12.1 Å². The molecule has 1 aromatic carbocycles. The van der Waals surface area contributed by atoms with Crippen molar-refractivity contribution in [3.05, 3.63) is 23.8 Å². The fourth-order valence-electron chi connectivity index (χ4n) is 1.11. The Labute approximate surface area is 79.5 Å². The van der Waals surface area contributed by atoms with Crippen LogP contribution in [0, 0.1) is 13.0 Å². The third-order valence-electron chi connectivity index (χ3n) is 1.68. The lowest BCUT2D eigenvalue weighted by Gasteiger charge is -2.08. The maximum Gasteiger partial charge on any atom is 0.127 e. The van der Waals surface area contributed by atoms with E-state index in [0.717, 1.165) is 17.1 Å². The minimum atomic E-state index is 0.671. The van der Waals surface area contributed by atoms with Crippen molar-refractivity contribution in [2.24, 2.45) is 0 Å². The maximum atomic E-state index is 5.38. The van der Waals surface area contributed by atoms with E-state index in [-0.39, 0.29) is 0 Å². The van der Waals surface area contributed by atoms with Gasteiger partial charge in [-0.05, 0) is 38.5 Å². The highest BCUT2D eigenvalue weighted by Gasteiger charge is 2.00. The number of aryl methyl sites for hydroxylation is 1. The van der Waals surface area contributed by atoms with Crippen LogP contribution in [0.1, 0.15) is 19.4 Å². The molecule has 1 radical (unpaired) electrons. The molecule has 0 atom stereocenters. The zero-order chi connectivity index (χ0) is 9.68. The third kappa shape index (κ3) is 2.65. The minimum Gasteiger partial charge on any atom is -0.494 e. The summed E-state index contributed by atoms with van der Waals surface area (Å²) in [6.07, 6.45) is 0. The SMILES string of the molecule is CCOc1[c]cc(OCC)c(C)c1. The van der Waals surface area contributed by atoms with Gasteiger partial charge in [-0.3, -0.25) is 0 Å². The van der Waals surface area contributed by atoms with Crippen molar-refractivity contribution >= 4 is 0 Å². The average Bonchev–Trinajstić information content (AvgIpc) is 2.10. The summed E-state index contributed by atoms with van der Waals surface area (Å²) in [5, 5.41) is 0. The molecule has 0 aliphatic rings. The van der Waals surface area contributed by atoms with Gasteiger partial charge in [0.25, 0.3) is 0 Å². The number of hydrogen-bond donors (Lipinski definition) is 0. The Kier molecular flexibility index (Phi) is 3.62. The molecule has 1 aromatic rings. The number of benzene rings is 1. The molecule has 2 heteroatoms. The zero-order valence-electron chi connectivity index (χ0n) is 8.39. The number of hydrogen-bond acceptors (Lipinski definition) is 2. The van der Waals surface area contributed by atoms with Crippen molar-refractivity contribution in [3.63, 3.8) is 0 Å². The first-order valence-corrected chi connectivity index (χ1v) is 4.55. The van der Waals surface area contributed by atoms with Gasteiger partial charge in [0.05, 0.1) is 13.2 Å². The van der Waals surface area contributed by atoms with Crippen LogP contribution >= 0.6 is 0 Å². The molecule has 0 heterocycles. The summed E-state index contributed by atoms with van der Waals surface area (Å²) in [4.78, 5) is 0. The molecule has 0 fully saturated rings. The zero-order valence-corrected chi connectivity index (χ0v) is 8.39. The molecule has 0 saturated heterocycles. The lowest BCUT2D eigenvalue weighted by atomic mass is 10.2. The molecule has 0 N–H and O–H groups in total. The van der Waals surface area contributed by atoms with E-state index in [0.29, 0.717) is 13.2 Å². The molecule has 0 aromatic heterocycles. The molecule has 2 nitrogen and oxygen atoms in total. The molecule has 0 unspecified atom stereocenters. The number of ether oxygens (including phenoxy) is 2. The second kappa shape index (κ2) is 4.75.